The Hall–Kier alpha value is -4.03. The number of phenolic OH excluding ortho intramolecular Hbond substituents is 1. The molecule has 5 N–H and O–H groups in total. The standard InChI is InChI=1S/C25H33N7O5/c1-25(2,26)23(34)28-21(17-36-16-19-7-4-3-5-8-19)22-29-30-31-32(22)13-14-37-24(35)27-12-11-18-9-6-10-20(33)15-18/h3-10,15,21,33H,11-14,16-17,26H2,1-2H3,(H,27,35)(H,28,34)/t21-/m1/s1. The smallest absolute Gasteiger partial charge is 0.407 e. The molecule has 1 atom stereocenters. The Labute approximate surface area is 215 Å². The van der Waals surface area contributed by atoms with Gasteiger partial charge < -0.3 is 30.9 Å². The predicted molar refractivity (Wildman–Crippen MR) is 134 cm³/mol. The summed E-state index contributed by atoms with van der Waals surface area (Å²) in [4.78, 5) is 24.6. The fraction of sp³-hybridized carbons (Fsp3) is 0.400. The number of rotatable bonds is 13. The summed E-state index contributed by atoms with van der Waals surface area (Å²) >= 11 is 0. The molecule has 0 saturated carbocycles. The molecule has 37 heavy (non-hydrogen) atoms. The first kappa shape index (κ1) is 27.6. The number of aromatic hydroxyl groups is 1. The van der Waals surface area contributed by atoms with Crippen LogP contribution in [-0.4, -0.2) is 62.6 Å². The number of nitrogens with zero attached hydrogens (tertiary/aromatic N) is 4. The number of phenols is 1. The topological polar surface area (TPSA) is 167 Å². The van der Waals surface area contributed by atoms with Crippen molar-refractivity contribution in [2.45, 2.75) is 45.0 Å². The zero-order valence-corrected chi connectivity index (χ0v) is 21.0. The van der Waals surface area contributed by atoms with E-state index < -0.39 is 23.6 Å². The molecule has 198 valence electrons. The van der Waals surface area contributed by atoms with Gasteiger partial charge in [0, 0.05) is 6.54 Å². The van der Waals surface area contributed by atoms with Crippen LogP contribution in [0.15, 0.2) is 54.6 Å². The molecule has 0 radical (unpaired) electrons. The predicted octanol–water partition coefficient (Wildman–Crippen LogP) is 1.46. The van der Waals surface area contributed by atoms with Gasteiger partial charge in [0.15, 0.2) is 5.82 Å². The van der Waals surface area contributed by atoms with Crippen LogP contribution in [0.4, 0.5) is 4.79 Å². The van der Waals surface area contributed by atoms with Crippen LogP contribution >= 0.6 is 0 Å². The number of hydrogen-bond donors (Lipinski definition) is 4. The van der Waals surface area contributed by atoms with Crippen LogP contribution in [0.2, 0.25) is 0 Å². The lowest BCUT2D eigenvalue weighted by atomic mass is 10.1. The maximum atomic E-state index is 12.6. The maximum Gasteiger partial charge on any atom is 0.407 e. The average Bonchev–Trinajstić information content (AvgIpc) is 3.32. The SMILES string of the molecule is CC(C)(N)C(=O)N[C@H](COCc1ccccc1)c1nnnn1CCOC(=O)NCCc1cccc(O)c1. The second-order valence-corrected chi connectivity index (χ2v) is 8.99. The van der Waals surface area contributed by atoms with Gasteiger partial charge in [-0.3, -0.25) is 4.79 Å². The highest BCUT2D eigenvalue weighted by atomic mass is 16.5. The van der Waals surface area contributed by atoms with E-state index >= 15 is 0 Å². The van der Waals surface area contributed by atoms with Crippen molar-refractivity contribution in [3.63, 3.8) is 0 Å². The van der Waals surface area contributed by atoms with E-state index in [-0.39, 0.29) is 25.5 Å². The molecule has 0 unspecified atom stereocenters. The van der Waals surface area contributed by atoms with Gasteiger partial charge in [-0.25, -0.2) is 9.48 Å². The summed E-state index contributed by atoms with van der Waals surface area (Å²) in [6.07, 6.45) is -0.0432. The number of benzene rings is 2. The maximum absolute atomic E-state index is 12.6. The van der Waals surface area contributed by atoms with Crippen molar-refractivity contribution in [2.75, 3.05) is 19.8 Å². The van der Waals surface area contributed by atoms with Crippen LogP contribution in [0.25, 0.3) is 0 Å². The lowest BCUT2D eigenvalue weighted by molar-refractivity contribution is -0.126. The van der Waals surface area contributed by atoms with Gasteiger partial charge in [-0.2, -0.15) is 0 Å². The van der Waals surface area contributed by atoms with Gasteiger partial charge in [0.2, 0.25) is 5.91 Å². The van der Waals surface area contributed by atoms with Crippen LogP contribution in [0.5, 0.6) is 5.75 Å². The number of carbonyl (C=O) groups excluding carboxylic acids is 2. The van der Waals surface area contributed by atoms with Gasteiger partial charge in [0.25, 0.3) is 0 Å². The fourth-order valence-electron chi connectivity index (χ4n) is 3.31. The summed E-state index contributed by atoms with van der Waals surface area (Å²) in [7, 11) is 0. The summed E-state index contributed by atoms with van der Waals surface area (Å²) < 4.78 is 12.5. The number of aromatic nitrogens is 4. The van der Waals surface area contributed by atoms with Crippen LogP contribution in [0, 0.1) is 0 Å². The minimum atomic E-state index is -1.12. The van der Waals surface area contributed by atoms with E-state index in [4.69, 9.17) is 15.2 Å². The second-order valence-electron chi connectivity index (χ2n) is 8.99. The van der Waals surface area contributed by atoms with Gasteiger partial charge >= 0.3 is 6.09 Å². The van der Waals surface area contributed by atoms with Crippen molar-refractivity contribution in [1.29, 1.82) is 0 Å². The zero-order chi connectivity index (χ0) is 26.7. The van der Waals surface area contributed by atoms with E-state index in [1.165, 1.54) is 4.68 Å². The molecule has 2 amide bonds. The first-order valence-corrected chi connectivity index (χ1v) is 11.9. The first-order valence-electron chi connectivity index (χ1n) is 11.9. The Morgan fingerprint density at radius 2 is 1.89 bits per heavy atom. The van der Waals surface area contributed by atoms with Gasteiger partial charge in [-0.05, 0) is 54.0 Å². The molecule has 0 saturated heterocycles. The van der Waals surface area contributed by atoms with Crippen LogP contribution in [0.3, 0.4) is 0 Å². The fourth-order valence-corrected chi connectivity index (χ4v) is 3.31. The molecule has 0 aliphatic rings. The average molecular weight is 512 g/mol. The third kappa shape index (κ3) is 9.17. The van der Waals surface area contributed by atoms with Gasteiger partial charge in [0.05, 0.1) is 25.3 Å². The van der Waals surface area contributed by atoms with Gasteiger partial charge in [-0.15, -0.1) is 5.10 Å². The summed E-state index contributed by atoms with van der Waals surface area (Å²) in [5.74, 6) is 0.128. The van der Waals surface area contributed by atoms with E-state index in [1.807, 2.05) is 36.4 Å². The van der Waals surface area contributed by atoms with Gasteiger partial charge in [-0.1, -0.05) is 42.5 Å². The Morgan fingerprint density at radius 3 is 2.62 bits per heavy atom. The van der Waals surface area contributed by atoms with Crippen LogP contribution in [0.1, 0.15) is 36.8 Å². The Bertz CT molecular complexity index is 1150. The zero-order valence-electron chi connectivity index (χ0n) is 21.0. The molecule has 3 rings (SSSR count). The number of alkyl carbamates (subject to hydrolysis) is 1. The molecule has 1 aromatic heterocycles. The molecule has 0 spiro atoms. The van der Waals surface area contributed by atoms with Crippen molar-refractivity contribution < 1.29 is 24.2 Å². The monoisotopic (exact) mass is 511 g/mol. The third-order valence-corrected chi connectivity index (χ3v) is 5.29. The van der Waals surface area contributed by atoms with Crippen LogP contribution in [-0.2, 0) is 33.8 Å². The second kappa shape index (κ2) is 13.3. The highest BCUT2D eigenvalue weighted by Crippen LogP contribution is 2.14. The van der Waals surface area contributed by atoms with Crippen molar-refractivity contribution in [2.24, 2.45) is 5.73 Å². The van der Waals surface area contributed by atoms with Crippen molar-refractivity contribution in [1.82, 2.24) is 30.8 Å². The molecular formula is C25H33N7O5. The van der Waals surface area contributed by atoms with E-state index in [1.54, 1.807) is 32.0 Å². The molecule has 0 bridgehead atoms. The lowest BCUT2D eigenvalue weighted by Gasteiger charge is -2.23. The summed E-state index contributed by atoms with van der Waals surface area (Å²) in [6.45, 7) is 4.16. The van der Waals surface area contributed by atoms with E-state index in [0.717, 1.165) is 11.1 Å². The lowest BCUT2D eigenvalue weighted by Crippen LogP contribution is -2.51. The molecule has 0 aliphatic carbocycles. The van der Waals surface area contributed by atoms with E-state index in [2.05, 4.69) is 26.2 Å². The molecule has 3 aromatic rings. The molecule has 12 heteroatoms. The highest BCUT2D eigenvalue weighted by molar-refractivity contribution is 5.85. The normalized spacial score (nSPS) is 12.1. The van der Waals surface area contributed by atoms with E-state index in [9.17, 15) is 14.7 Å². The number of amides is 2. The number of hydrogen-bond acceptors (Lipinski definition) is 9. The molecule has 1 heterocycles. The van der Waals surface area contributed by atoms with Crippen LogP contribution < -0.4 is 16.4 Å². The molecule has 12 nitrogen and oxygen atoms in total. The quantitative estimate of drug-likeness (QED) is 0.266. The summed E-state index contributed by atoms with van der Waals surface area (Å²) in [6, 6.07) is 15.8. The number of tetrazole rings is 1. The van der Waals surface area contributed by atoms with Crippen molar-refractivity contribution in [3.8, 4) is 5.75 Å². The first-order chi connectivity index (χ1) is 17.7. The minimum Gasteiger partial charge on any atom is -0.508 e. The number of ether oxygens (including phenoxy) is 2. The number of carbonyl (C=O) groups is 2. The van der Waals surface area contributed by atoms with Gasteiger partial charge in [0.1, 0.15) is 18.4 Å². The Morgan fingerprint density at radius 1 is 1.14 bits per heavy atom. The highest BCUT2D eigenvalue weighted by Gasteiger charge is 2.28. The number of nitrogens with one attached hydrogen (secondary N) is 2. The third-order valence-electron chi connectivity index (χ3n) is 5.29. The largest absolute Gasteiger partial charge is 0.508 e. The minimum absolute atomic E-state index is 0.00389. The van der Waals surface area contributed by atoms with E-state index in [0.29, 0.717) is 25.4 Å². The Kier molecular flexibility index (Phi) is 9.92. The van der Waals surface area contributed by atoms with Crippen molar-refractivity contribution in [3.05, 3.63) is 71.5 Å². The molecule has 2 aromatic carbocycles. The summed E-state index contributed by atoms with van der Waals surface area (Å²) in [5.41, 5.74) is 6.70. The number of nitrogens with two attached hydrogens (primary N) is 1. The Balaban J connectivity index is 1.52. The molecule has 0 fully saturated rings. The molecular weight excluding hydrogens is 478 g/mol. The summed E-state index contributed by atoms with van der Waals surface area (Å²) in [5, 5.41) is 26.7. The molecule has 0 aliphatic heterocycles. The van der Waals surface area contributed by atoms with Crippen molar-refractivity contribution >= 4 is 12.0 Å².